The van der Waals surface area contributed by atoms with Gasteiger partial charge in [-0.05, 0) is 55.1 Å². The Morgan fingerprint density at radius 3 is 2.50 bits per heavy atom. The van der Waals surface area contributed by atoms with Gasteiger partial charge in [0.05, 0.1) is 0 Å². The van der Waals surface area contributed by atoms with E-state index in [1.54, 1.807) is 0 Å². The van der Waals surface area contributed by atoms with E-state index < -0.39 is 0 Å². The second-order valence-electron chi connectivity index (χ2n) is 9.34. The van der Waals surface area contributed by atoms with Crippen molar-refractivity contribution in [3.05, 3.63) is 58.4 Å². The molecule has 0 saturated carbocycles. The fourth-order valence-corrected chi connectivity index (χ4v) is 4.89. The van der Waals surface area contributed by atoms with Crippen LogP contribution in [-0.4, -0.2) is 34.7 Å². The highest BCUT2D eigenvalue weighted by atomic mass is 16.2. The maximum Gasteiger partial charge on any atom is 0.270 e. The zero-order valence-corrected chi connectivity index (χ0v) is 17.2. The maximum atomic E-state index is 13.2. The van der Waals surface area contributed by atoms with E-state index in [1.807, 2.05) is 11.8 Å². The topological polar surface area (TPSA) is 53.2 Å². The van der Waals surface area contributed by atoms with Crippen LogP contribution in [0.15, 0.2) is 30.3 Å². The molecule has 148 valence electrons. The summed E-state index contributed by atoms with van der Waals surface area (Å²) in [5.74, 6) is 0.850. The van der Waals surface area contributed by atoms with E-state index in [-0.39, 0.29) is 17.1 Å². The molecule has 2 aromatic rings. The van der Waals surface area contributed by atoms with Crippen LogP contribution in [0.5, 0.6) is 0 Å². The van der Waals surface area contributed by atoms with Gasteiger partial charge in [-0.1, -0.05) is 44.2 Å². The number of H-pyrrole nitrogens is 1. The second kappa shape index (κ2) is 7.23. The molecule has 0 bridgehead atoms. The Labute approximate surface area is 167 Å². The lowest BCUT2D eigenvalue weighted by Crippen LogP contribution is -2.39. The van der Waals surface area contributed by atoms with Gasteiger partial charge in [0.25, 0.3) is 5.91 Å². The lowest BCUT2D eigenvalue weighted by molar-refractivity contribution is 0.0684. The number of nitrogens with zero attached hydrogens (tertiary/aromatic N) is 1. The largest absolute Gasteiger partial charge is 0.354 e. The quantitative estimate of drug-likeness (QED) is 0.850. The van der Waals surface area contributed by atoms with E-state index in [2.05, 4.69) is 49.2 Å². The number of fused-ring (bicyclic) bond motifs is 1. The number of rotatable bonds is 3. The van der Waals surface area contributed by atoms with Gasteiger partial charge in [0.15, 0.2) is 5.78 Å². The molecule has 28 heavy (non-hydrogen) atoms. The summed E-state index contributed by atoms with van der Waals surface area (Å²) in [6.45, 7) is 7.73. The Balaban J connectivity index is 1.44. The number of likely N-dealkylation sites (tertiary alicyclic amines) is 1. The zero-order chi connectivity index (χ0) is 19.9. The first-order valence-corrected chi connectivity index (χ1v) is 10.4. The van der Waals surface area contributed by atoms with Crippen LogP contribution in [0.2, 0.25) is 0 Å². The first-order valence-electron chi connectivity index (χ1n) is 10.4. The number of ketones is 1. The van der Waals surface area contributed by atoms with Gasteiger partial charge in [-0.3, -0.25) is 9.59 Å². The van der Waals surface area contributed by atoms with Gasteiger partial charge in [0, 0.05) is 30.8 Å². The van der Waals surface area contributed by atoms with Gasteiger partial charge < -0.3 is 9.88 Å². The molecule has 1 amide bonds. The molecule has 0 spiro atoms. The molecule has 4 heteroatoms. The molecule has 1 aliphatic heterocycles. The third-order valence-corrected chi connectivity index (χ3v) is 6.38. The molecule has 0 radical (unpaired) electrons. The summed E-state index contributed by atoms with van der Waals surface area (Å²) in [4.78, 5) is 31.0. The Morgan fingerprint density at radius 2 is 1.82 bits per heavy atom. The number of carbonyl (C=O) groups excluding carboxylic acids is 2. The third kappa shape index (κ3) is 3.65. The van der Waals surface area contributed by atoms with Crippen LogP contribution in [0.1, 0.15) is 70.8 Å². The van der Waals surface area contributed by atoms with Crippen LogP contribution in [0.4, 0.5) is 0 Å². The Kier molecular flexibility index (Phi) is 4.90. The van der Waals surface area contributed by atoms with Crippen molar-refractivity contribution in [2.75, 3.05) is 13.1 Å². The average Bonchev–Trinajstić information content (AvgIpc) is 2.98. The van der Waals surface area contributed by atoms with E-state index in [1.165, 1.54) is 5.56 Å². The van der Waals surface area contributed by atoms with Crippen LogP contribution in [0.25, 0.3) is 0 Å². The molecule has 1 aromatic heterocycles. The predicted molar refractivity (Wildman–Crippen MR) is 111 cm³/mol. The lowest BCUT2D eigenvalue weighted by atomic mass is 9.75. The van der Waals surface area contributed by atoms with Gasteiger partial charge in [-0.15, -0.1) is 0 Å². The summed E-state index contributed by atoms with van der Waals surface area (Å²) in [5, 5.41) is 0. The molecule has 4 rings (SSSR count). The molecular weight excluding hydrogens is 348 g/mol. The van der Waals surface area contributed by atoms with Crippen LogP contribution in [0.3, 0.4) is 0 Å². The molecule has 2 heterocycles. The molecule has 2 aliphatic rings. The predicted octanol–water partition coefficient (Wildman–Crippen LogP) is 4.57. The summed E-state index contributed by atoms with van der Waals surface area (Å²) in [6.07, 6.45) is 4.53. The average molecular weight is 379 g/mol. The molecule has 1 saturated heterocycles. The molecular formula is C24H30N2O2. The fourth-order valence-electron chi connectivity index (χ4n) is 4.89. The fraction of sp³-hybridized carbons (Fsp3) is 0.500. The number of piperidine rings is 1. The van der Waals surface area contributed by atoms with Crippen LogP contribution < -0.4 is 0 Å². The van der Waals surface area contributed by atoms with Crippen molar-refractivity contribution >= 4 is 11.7 Å². The minimum atomic E-state index is -0.0442. The normalized spacial score (nSPS) is 19.5. The minimum Gasteiger partial charge on any atom is -0.354 e. The lowest BCUT2D eigenvalue weighted by Gasteiger charge is -2.32. The Morgan fingerprint density at radius 1 is 1.14 bits per heavy atom. The van der Waals surface area contributed by atoms with Crippen molar-refractivity contribution in [3.8, 4) is 0 Å². The van der Waals surface area contributed by atoms with E-state index in [9.17, 15) is 9.59 Å². The molecule has 4 nitrogen and oxygen atoms in total. The van der Waals surface area contributed by atoms with Crippen molar-refractivity contribution in [2.24, 2.45) is 11.3 Å². The molecule has 1 aromatic carbocycles. The summed E-state index contributed by atoms with van der Waals surface area (Å²) < 4.78 is 0. The number of aromatic amines is 1. The van der Waals surface area contributed by atoms with Gasteiger partial charge in [0.2, 0.25) is 0 Å². The summed E-state index contributed by atoms with van der Waals surface area (Å²) >= 11 is 0. The SMILES string of the molecule is Cc1c(C(=O)N2CCC(Cc3ccccc3)CC2)[nH]c2c1C(=O)CC(C)(C)C2. The zero-order valence-electron chi connectivity index (χ0n) is 17.2. The number of hydrogen-bond donors (Lipinski definition) is 1. The van der Waals surface area contributed by atoms with Crippen molar-refractivity contribution in [1.82, 2.24) is 9.88 Å². The third-order valence-electron chi connectivity index (χ3n) is 6.38. The maximum absolute atomic E-state index is 13.2. The van der Waals surface area contributed by atoms with Crippen molar-refractivity contribution in [1.29, 1.82) is 0 Å². The van der Waals surface area contributed by atoms with Crippen LogP contribution in [0, 0.1) is 18.3 Å². The summed E-state index contributed by atoms with van der Waals surface area (Å²) in [5.41, 5.74) is 4.51. The number of Topliss-reactive ketones (excluding diaryl/α,β-unsaturated/α-hetero) is 1. The van der Waals surface area contributed by atoms with E-state index in [0.717, 1.165) is 55.6 Å². The van der Waals surface area contributed by atoms with E-state index >= 15 is 0 Å². The van der Waals surface area contributed by atoms with Gasteiger partial charge in [-0.2, -0.15) is 0 Å². The van der Waals surface area contributed by atoms with Crippen LogP contribution >= 0.6 is 0 Å². The van der Waals surface area contributed by atoms with Gasteiger partial charge in [-0.25, -0.2) is 0 Å². The molecule has 0 atom stereocenters. The monoisotopic (exact) mass is 378 g/mol. The van der Waals surface area contributed by atoms with Crippen molar-refractivity contribution in [3.63, 3.8) is 0 Å². The number of aromatic nitrogens is 1. The Bertz CT molecular complexity index is 887. The summed E-state index contributed by atoms with van der Waals surface area (Å²) in [7, 11) is 0. The first-order chi connectivity index (χ1) is 13.3. The van der Waals surface area contributed by atoms with Crippen LogP contribution in [-0.2, 0) is 12.8 Å². The Hall–Kier alpha value is -2.36. The number of hydrogen-bond acceptors (Lipinski definition) is 2. The minimum absolute atomic E-state index is 0.0442. The molecule has 1 aliphatic carbocycles. The van der Waals surface area contributed by atoms with Gasteiger partial charge >= 0.3 is 0 Å². The number of benzene rings is 1. The van der Waals surface area contributed by atoms with E-state index in [4.69, 9.17) is 0 Å². The number of nitrogens with one attached hydrogen (secondary N) is 1. The number of amides is 1. The highest BCUT2D eigenvalue weighted by molar-refractivity contribution is 6.04. The molecule has 0 unspecified atom stereocenters. The number of carbonyl (C=O) groups is 2. The van der Waals surface area contributed by atoms with Crippen molar-refractivity contribution in [2.45, 2.75) is 52.9 Å². The molecule has 1 fully saturated rings. The standard InChI is InChI=1S/C24H30N2O2/c1-16-21-19(14-24(2,3)15-20(21)27)25-22(16)23(28)26-11-9-18(10-12-26)13-17-7-5-4-6-8-17/h4-8,18,25H,9-15H2,1-3H3. The van der Waals surface area contributed by atoms with E-state index in [0.29, 0.717) is 18.0 Å². The van der Waals surface area contributed by atoms with Crippen molar-refractivity contribution < 1.29 is 9.59 Å². The molecule has 1 N–H and O–H groups in total. The second-order valence-corrected chi connectivity index (χ2v) is 9.34. The highest BCUT2D eigenvalue weighted by Gasteiger charge is 2.36. The van der Waals surface area contributed by atoms with Gasteiger partial charge in [0.1, 0.15) is 5.69 Å². The summed E-state index contributed by atoms with van der Waals surface area (Å²) in [6, 6.07) is 10.6. The smallest absolute Gasteiger partial charge is 0.270 e. The highest BCUT2D eigenvalue weighted by Crippen LogP contribution is 2.37. The first kappa shape index (κ1) is 19.0.